The van der Waals surface area contributed by atoms with E-state index in [4.69, 9.17) is 5.73 Å². The van der Waals surface area contributed by atoms with E-state index in [1.54, 1.807) is 0 Å². The van der Waals surface area contributed by atoms with E-state index in [1.807, 2.05) is 47.1 Å². The van der Waals surface area contributed by atoms with Crippen LogP contribution in [-0.4, -0.2) is 26.8 Å². The lowest BCUT2D eigenvalue weighted by Crippen LogP contribution is -2.33. The predicted octanol–water partition coefficient (Wildman–Crippen LogP) is 2.76. The van der Waals surface area contributed by atoms with Crippen molar-refractivity contribution in [2.75, 3.05) is 17.2 Å². The molecular formula is C18H20N6. The Hall–Kier alpha value is -2.89. The summed E-state index contributed by atoms with van der Waals surface area (Å²) in [6, 6.07) is 16.2. The molecule has 0 amide bonds. The molecule has 4 rings (SSSR count). The van der Waals surface area contributed by atoms with Crippen LogP contribution in [0.25, 0.3) is 5.69 Å². The van der Waals surface area contributed by atoms with Gasteiger partial charge in [0.2, 0.25) is 0 Å². The summed E-state index contributed by atoms with van der Waals surface area (Å²) in [5.74, 6) is 0.830. The number of nitrogen functional groups attached to an aromatic ring is 1. The molecule has 3 aromatic rings. The van der Waals surface area contributed by atoms with E-state index in [1.165, 1.54) is 11.3 Å². The number of hydrogen-bond donors (Lipinski definition) is 1. The summed E-state index contributed by atoms with van der Waals surface area (Å²) >= 11 is 0. The number of anilines is 2. The zero-order valence-corrected chi connectivity index (χ0v) is 13.6. The summed E-state index contributed by atoms with van der Waals surface area (Å²) in [4.78, 5) is 2.35. The number of hydrogen-bond acceptors (Lipinski definition) is 5. The van der Waals surface area contributed by atoms with Crippen LogP contribution in [0.15, 0.2) is 48.5 Å². The first-order valence-electron chi connectivity index (χ1n) is 8.23. The first-order valence-corrected chi connectivity index (χ1v) is 8.23. The third-order valence-corrected chi connectivity index (χ3v) is 4.66. The maximum Gasteiger partial charge on any atom is 0.178 e. The minimum absolute atomic E-state index is 0.0565. The largest absolute Gasteiger partial charge is 0.398 e. The van der Waals surface area contributed by atoms with Crippen molar-refractivity contribution in [3.63, 3.8) is 0 Å². The van der Waals surface area contributed by atoms with Crippen molar-refractivity contribution in [2.24, 2.45) is 0 Å². The number of nitrogens with two attached hydrogens (primary N) is 1. The van der Waals surface area contributed by atoms with E-state index >= 15 is 0 Å². The monoisotopic (exact) mass is 320 g/mol. The summed E-state index contributed by atoms with van der Waals surface area (Å²) in [6.07, 6.45) is 2.10. The molecule has 6 nitrogen and oxygen atoms in total. The molecule has 1 aromatic heterocycles. The highest BCUT2D eigenvalue weighted by atomic mass is 15.6. The lowest BCUT2D eigenvalue weighted by molar-refractivity contribution is 0.577. The molecule has 6 heteroatoms. The van der Waals surface area contributed by atoms with Gasteiger partial charge in [-0.05, 0) is 60.0 Å². The Bertz CT molecular complexity index is 842. The number of aromatic nitrogens is 4. The highest BCUT2D eigenvalue weighted by molar-refractivity contribution is 5.66. The van der Waals surface area contributed by atoms with Crippen LogP contribution >= 0.6 is 0 Å². The van der Waals surface area contributed by atoms with E-state index in [0.29, 0.717) is 0 Å². The van der Waals surface area contributed by atoms with Crippen LogP contribution < -0.4 is 10.6 Å². The fourth-order valence-corrected chi connectivity index (χ4v) is 3.43. The standard InChI is InChI=1S/C18H20N6/c1-13(18-20-21-22-24(18)14-7-3-2-4-8-14)23-12-6-9-15-16(19)10-5-11-17(15)23/h2-5,7-8,10-11,13H,6,9,12,19H2,1H3. The molecule has 0 saturated carbocycles. The van der Waals surface area contributed by atoms with Crippen LogP contribution in [0.5, 0.6) is 0 Å². The number of benzene rings is 2. The zero-order chi connectivity index (χ0) is 16.5. The second-order valence-electron chi connectivity index (χ2n) is 6.10. The second-order valence-corrected chi connectivity index (χ2v) is 6.10. The van der Waals surface area contributed by atoms with Gasteiger partial charge in [0, 0.05) is 17.9 Å². The van der Waals surface area contributed by atoms with Crippen molar-refractivity contribution < 1.29 is 0 Å². The molecule has 24 heavy (non-hydrogen) atoms. The van der Waals surface area contributed by atoms with Crippen molar-refractivity contribution in [1.82, 2.24) is 20.2 Å². The number of rotatable bonds is 3. The Morgan fingerprint density at radius 2 is 1.92 bits per heavy atom. The lowest BCUT2D eigenvalue weighted by Gasteiger charge is -2.36. The number of nitrogens with zero attached hydrogens (tertiary/aromatic N) is 5. The van der Waals surface area contributed by atoms with Gasteiger partial charge in [-0.25, -0.2) is 0 Å². The fraction of sp³-hybridized carbons (Fsp3) is 0.278. The average molecular weight is 320 g/mol. The highest BCUT2D eigenvalue weighted by Crippen LogP contribution is 2.36. The van der Waals surface area contributed by atoms with E-state index in [9.17, 15) is 0 Å². The van der Waals surface area contributed by atoms with Crippen LogP contribution in [0.4, 0.5) is 11.4 Å². The fourth-order valence-electron chi connectivity index (χ4n) is 3.43. The molecule has 1 aliphatic rings. The number of tetrazole rings is 1. The Kier molecular flexibility index (Phi) is 3.65. The van der Waals surface area contributed by atoms with Crippen molar-refractivity contribution in [1.29, 1.82) is 0 Å². The van der Waals surface area contributed by atoms with Crippen molar-refractivity contribution in [3.05, 3.63) is 59.9 Å². The predicted molar refractivity (Wildman–Crippen MR) is 94.1 cm³/mol. The van der Waals surface area contributed by atoms with Gasteiger partial charge in [-0.1, -0.05) is 24.3 Å². The first kappa shape index (κ1) is 14.7. The lowest BCUT2D eigenvalue weighted by atomic mass is 9.98. The van der Waals surface area contributed by atoms with Gasteiger partial charge in [-0.15, -0.1) is 5.10 Å². The van der Waals surface area contributed by atoms with Gasteiger partial charge in [0.1, 0.15) is 0 Å². The molecule has 0 saturated heterocycles. The molecule has 0 radical (unpaired) electrons. The summed E-state index contributed by atoms with van der Waals surface area (Å²) in [5, 5.41) is 12.4. The molecule has 2 N–H and O–H groups in total. The minimum atomic E-state index is 0.0565. The molecule has 1 aliphatic heterocycles. The summed E-state index contributed by atoms with van der Waals surface area (Å²) in [6.45, 7) is 3.11. The third kappa shape index (κ3) is 2.40. The molecule has 2 aromatic carbocycles. The van der Waals surface area contributed by atoms with Crippen LogP contribution in [0.2, 0.25) is 0 Å². The van der Waals surface area contributed by atoms with Gasteiger partial charge in [0.15, 0.2) is 5.82 Å². The van der Waals surface area contributed by atoms with Crippen LogP contribution in [0, 0.1) is 0 Å². The second kappa shape index (κ2) is 5.96. The summed E-state index contributed by atoms with van der Waals surface area (Å²) < 4.78 is 1.81. The van der Waals surface area contributed by atoms with E-state index in [2.05, 4.69) is 33.4 Å². The topological polar surface area (TPSA) is 72.9 Å². The molecule has 0 aliphatic carbocycles. The van der Waals surface area contributed by atoms with Gasteiger partial charge in [-0.2, -0.15) is 4.68 Å². The first-order chi connectivity index (χ1) is 11.8. The molecule has 2 heterocycles. The maximum absolute atomic E-state index is 6.17. The smallest absolute Gasteiger partial charge is 0.178 e. The molecule has 0 spiro atoms. The van der Waals surface area contributed by atoms with Crippen LogP contribution in [0.3, 0.4) is 0 Å². The minimum Gasteiger partial charge on any atom is -0.398 e. The van der Waals surface area contributed by atoms with Crippen molar-refractivity contribution >= 4 is 11.4 Å². The summed E-state index contributed by atoms with van der Waals surface area (Å²) in [5.41, 5.74) is 10.4. The number of para-hydroxylation sites is 1. The average Bonchev–Trinajstić information content (AvgIpc) is 3.11. The zero-order valence-electron chi connectivity index (χ0n) is 13.6. The Morgan fingerprint density at radius 1 is 1.08 bits per heavy atom. The SMILES string of the molecule is CC(c1nnnn1-c1ccccc1)N1CCCc2c(N)cccc21. The van der Waals surface area contributed by atoms with E-state index in [0.717, 1.165) is 36.6 Å². The Labute approximate surface area is 140 Å². The third-order valence-electron chi connectivity index (χ3n) is 4.66. The maximum atomic E-state index is 6.17. The quantitative estimate of drug-likeness (QED) is 0.751. The van der Waals surface area contributed by atoms with E-state index in [-0.39, 0.29) is 6.04 Å². The highest BCUT2D eigenvalue weighted by Gasteiger charge is 2.27. The van der Waals surface area contributed by atoms with Gasteiger partial charge < -0.3 is 10.6 Å². The normalized spacial score (nSPS) is 15.1. The van der Waals surface area contributed by atoms with Crippen LogP contribution in [-0.2, 0) is 6.42 Å². The van der Waals surface area contributed by atoms with Crippen molar-refractivity contribution in [3.8, 4) is 5.69 Å². The van der Waals surface area contributed by atoms with Crippen LogP contribution in [0.1, 0.15) is 30.8 Å². The Balaban J connectivity index is 1.73. The molecule has 122 valence electrons. The van der Waals surface area contributed by atoms with Gasteiger partial charge in [0.05, 0.1) is 11.7 Å². The Morgan fingerprint density at radius 3 is 2.75 bits per heavy atom. The molecule has 0 bridgehead atoms. The molecule has 0 fully saturated rings. The number of fused-ring (bicyclic) bond motifs is 1. The molecular weight excluding hydrogens is 300 g/mol. The molecule has 1 atom stereocenters. The molecule has 1 unspecified atom stereocenters. The van der Waals surface area contributed by atoms with Crippen molar-refractivity contribution in [2.45, 2.75) is 25.8 Å². The summed E-state index contributed by atoms with van der Waals surface area (Å²) in [7, 11) is 0. The van der Waals surface area contributed by atoms with Gasteiger partial charge in [0.25, 0.3) is 0 Å². The van der Waals surface area contributed by atoms with Gasteiger partial charge in [-0.3, -0.25) is 0 Å². The van der Waals surface area contributed by atoms with E-state index < -0.39 is 0 Å². The van der Waals surface area contributed by atoms with Gasteiger partial charge >= 0.3 is 0 Å².